The largest absolute Gasteiger partial charge is 0.492 e. The number of amides is 2. The summed E-state index contributed by atoms with van der Waals surface area (Å²) in [6, 6.07) is 28.5. The molecule has 2 N–H and O–H groups in total. The average molecular weight is 519 g/mol. The molecule has 0 spiro atoms. The van der Waals surface area contributed by atoms with Gasteiger partial charge in [-0.05, 0) is 35.2 Å². The summed E-state index contributed by atoms with van der Waals surface area (Å²) in [6.45, 7) is 0.171. The van der Waals surface area contributed by atoms with Crippen molar-refractivity contribution in [2.45, 2.75) is 6.42 Å². The molecule has 0 aromatic heterocycles. The Hall–Kier alpha value is -3.84. The third kappa shape index (κ3) is 6.14. The van der Waals surface area contributed by atoms with Gasteiger partial charge in [0.2, 0.25) is 0 Å². The first-order valence-electron chi connectivity index (χ1n) is 10.8. The summed E-state index contributed by atoms with van der Waals surface area (Å²) in [5, 5.41) is 1.93. The molecular weight excluding hydrogens is 496 g/mol. The van der Waals surface area contributed by atoms with Gasteiger partial charge in [0.25, 0.3) is 11.8 Å². The molecule has 0 aliphatic rings. The van der Waals surface area contributed by atoms with Gasteiger partial charge >= 0.3 is 0 Å². The van der Waals surface area contributed by atoms with E-state index in [1.807, 2.05) is 66.7 Å². The van der Waals surface area contributed by atoms with Crippen LogP contribution in [0.4, 0.5) is 0 Å². The minimum Gasteiger partial charge on any atom is -0.492 e. The Morgan fingerprint density at radius 3 is 2.38 bits per heavy atom. The summed E-state index contributed by atoms with van der Waals surface area (Å²) in [5.74, 6) is 0.0518. The topological polar surface area (TPSA) is 76.7 Å². The Morgan fingerprint density at radius 2 is 1.53 bits per heavy atom. The molecule has 34 heavy (non-hydrogen) atoms. The van der Waals surface area contributed by atoms with Crippen molar-refractivity contribution in [1.29, 1.82) is 0 Å². The van der Waals surface area contributed by atoms with Crippen molar-refractivity contribution >= 4 is 38.5 Å². The lowest BCUT2D eigenvalue weighted by molar-refractivity contribution is -0.123. The van der Waals surface area contributed by atoms with E-state index in [0.717, 1.165) is 20.8 Å². The molecule has 7 heteroatoms. The van der Waals surface area contributed by atoms with Gasteiger partial charge in [-0.15, -0.1) is 0 Å². The number of nitrogens with one attached hydrogen (secondary N) is 2. The first-order chi connectivity index (χ1) is 16.6. The van der Waals surface area contributed by atoms with E-state index in [4.69, 9.17) is 9.47 Å². The lowest BCUT2D eigenvalue weighted by Crippen LogP contribution is -2.44. The Bertz CT molecular complexity index is 1290. The van der Waals surface area contributed by atoms with Crippen LogP contribution in [0.15, 0.2) is 95.5 Å². The fourth-order valence-electron chi connectivity index (χ4n) is 3.42. The van der Waals surface area contributed by atoms with Crippen LogP contribution in [0.3, 0.4) is 0 Å². The molecule has 6 nitrogen and oxygen atoms in total. The summed E-state index contributed by atoms with van der Waals surface area (Å²) in [7, 11) is 0. The van der Waals surface area contributed by atoms with E-state index >= 15 is 0 Å². The van der Waals surface area contributed by atoms with Crippen LogP contribution in [0.1, 0.15) is 15.9 Å². The van der Waals surface area contributed by atoms with Crippen molar-refractivity contribution in [1.82, 2.24) is 10.9 Å². The van der Waals surface area contributed by atoms with Crippen LogP contribution >= 0.6 is 15.9 Å². The Kier molecular flexibility index (Phi) is 7.78. The van der Waals surface area contributed by atoms with Gasteiger partial charge in [0.05, 0.1) is 12.2 Å². The summed E-state index contributed by atoms with van der Waals surface area (Å²) in [6.07, 6.45) is 0.709. The standard InChI is InChI=1S/C27H23BrN2O4/c28-21-13-14-25(33-16-15-19-7-2-1-3-8-19)23(17-21)27(32)30-29-26(31)18-34-24-12-6-10-20-9-4-5-11-22(20)24/h1-14,17H,15-16,18H2,(H,29,31)(H,30,32). The van der Waals surface area contributed by atoms with E-state index in [1.54, 1.807) is 24.3 Å². The van der Waals surface area contributed by atoms with E-state index in [0.29, 0.717) is 30.1 Å². The monoisotopic (exact) mass is 518 g/mol. The lowest BCUT2D eigenvalue weighted by Gasteiger charge is -2.13. The maximum atomic E-state index is 12.7. The van der Waals surface area contributed by atoms with Crippen LogP contribution in [0.25, 0.3) is 10.8 Å². The molecule has 0 bridgehead atoms. The zero-order valence-electron chi connectivity index (χ0n) is 18.3. The molecular formula is C27H23BrN2O4. The lowest BCUT2D eigenvalue weighted by atomic mass is 10.1. The SMILES string of the molecule is O=C(COc1cccc2ccccc12)NNC(=O)c1cc(Br)ccc1OCCc1ccccc1. The van der Waals surface area contributed by atoms with E-state index in [9.17, 15) is 9.59 Å². The molecule has 0 aliphatic carbocycles. The van der Waals surface area contributed by atoms with Gasteiger partial charge in [-0.25, -0.2) is 0 Å². The van der Waals surface area contributed by atoms with Crippen LogP contribution in [0.5, 0.6) is 11.5 Å². The third-order valence-corrected chi connectivity index (χ3v) is 5.59. The van der Waals surface area contributed by atoms with Gasteiger partial charge in [0.15, 0.2) is 6.61 Å². The molecule has 0 aliphatic heterocycles. The van der Waals surface area contributed by atoms with Crippen molar-refractivity contribution in [3.8, 4) is 11.5 Å². The number of hydrogen-bond acceptors (Lipinski definition) is 4. The second-order valence-corrected chi connectivity index (χ2v) is 8.41. The number of carbonyl (C=O) groups excluding carboxylic acids is 2. The molecule has 4 rings (SSSR count). The fourth-order valence-corrected chi connectivity index (χ4v) is 3.78. The highest BCUT2D eigenvalue weighted by atomic mass is 79.9. The van der Waals surface area contributed by atoms with Crippen LogP contribution in [-0.2, 0) is 11.2 Å². The predicted octanol–water partition coefficient (Wildman–Crippen LogP) is 5.06. The van der Waals surface area contributed by atoms with E-state index in [-0.39, 0.29) is 6.61 Å². The molecule has 4 aromatic carbocycles. The number of hydrazine groups is 1. The second-order valence-electron chi connectivity index (χ2n) is 7.49. The molecule has 0 saturated heterocycles. The van der Waals surface area contributed by atoms with Crippen molar-refractivity contribution in [3.63, 3.8) is 0 Å². The van der Waals surface area contributed by atoms with E-state index in [1.165, 1.54) is 0 Å². The molecule has 0 atom stereocenters. The number of carbonyl (C=O) groups is 2. The van der Waals surface area contributed by atoms with Crippen molar-refractivity contribution in [2.24, 2.45) is 0 Å². The zero-order chi connectivity index (χ0) is 23.8. The molecule has 0 radical (unpaired) electrons. The summed E-state index contributed by atoms with van der Waals surface area (Å²) in [4.78, 5) is 25.0. The zero-order valence-corrected chi connectivity index (χ0v) is 19.9. The summed E-state index contributed by atoms with van der Waals surface area (Å²) < 4.78 is 12.2. The van der Waals surface area contributed by atoms with E-state index < -0.39 is 11.8 Å². The number of rotatable bonds is 8. The van der Waals surface area contributed by atoms with Crippen molar-refractivity contribution < 1.29 is 19.1 Å². The van der Waals surface area contributed by atoms with E-state index in [2.05, 4.69) is 26.8 Å². The smallest absolute Gasteiger partial charge is 0.276 e. The predicted molar refractivity (Wildman–Crippen MR) is 135 cm³/mol. The number of fused-ring (bicyclic) bond motifs is 1. The summed E-state index contributed by atoms with van der Waals surface area (Å²) >= 11 is 3.38. The van der Waals surface area contributed by atoms with Gasteiger partial charge < -0.3 is 9.47 Å². The van der Waals surface area contributed by atoms with Crippen molar-refractivity contribution in [2.75, 3.05) is 13.2 Å². The molecule has 0 saturated carbocycles. The first-order valence-corrected chi connectivity index (χ1v) is 11.6. The Labute approximate surface area is 206 Å². The number of benzene rings is 4. The highest BCUT2D eigenvalue weighted by Gasteiger charge is 2.15. The highest BCUT2D eigenvalue weighted by molar-refractivity contribution is 9.10. The van der Waals surface area contributed by atoms with Crippen LogP contribution in [0, 0.1) is 0 Å². The fraction of sp³-hybridized carbons (Fsp3) is 0.111. The third-order valence-electron chi connectivity index (χ3n) is 5.10. The summed E-state index contributed by atoms with van der Waals surface area (Å²) in [5.41, 5.74) is 6.27. The van der Waals surface area contributed by atoms with Gasteiger partial charge in [0.1, 0.15) is 11.5 Å². The van der Waals surface area contributed by atoms with Crippen molar-refractivity contribution in [3.05, 3.63) is 107 Å². The van der Waals surface area contributed by atoms with Gasteiger partial charge in [-0.2, -0.15) is 0 Å². The molecule has 172 valence electrons. The first kappa shape index (κ1) is 23.3. The minimum atomic E-state index is -0.491. The maximum absolute atomic E-state index is 12.7. The number of ether oxygens (including phenoxy) is 2. The quantitative estimate of drug-likeness (QED) is 0.319. The highest BCUT2D eigenvalue weighted by Crippen LogP contribution is 2.25. The molecule has 0 heterocycles. The number of halogens is 1. The molecule has 4 aromatic rings. The van der Waals surface area contributed by atoms with Gasteiger partial charge in [-0.1, -0.05) is 82.7 Å². The molecule has 2 amide bonds. The number of hydrogen-bond donors (Lipinski definition) is 2. The average Bonchev–Trinajstić information content (AvgIpc) is 2.87. The van der Waals surface area contributed by atoms with Gasteiger partial charge in [0, 0.05) is 16.3 Å². The maximum Gasteiger partial charge on any atom is 0.276 e. The van der Waals surface area contributed by atoms with Crippen LogP contribution in [-0.4, -0.2) is 25.0 Å². The minimum absolute atomic E-state index is 0.243. The second kappa shape index (κ2) is 11.3. The van der Waals surface area contributed by atoms with Gasteiger partial charge in [-0.3, -0.25) is 20.4 Å². The molecule has 0 fully saturated rings. The molecule has 0 unspecified atom stereocenters. The Balaban J connectivity index is 1.32. The van der Waals surface area contributed by atoms with Crippen LogP contribution in [0.2, 0.25) is 0 Å². The normalized spacial score (nSPS) is 10.5. The Morgan fingerprint density at radius 1 is 0.765 bits per heavy atom. The van der Waals surface area contributed by atoms with Crippen LogP contribution < -0.4 is 20.3 Å².